The number of H-pyrrole nitrogens is 1. The highest BCUT2D eigenvalue weighted by Crippen LogP contribution is 2.19. The average molecular weight is 628 g/mol. The summed E-state index contributed by atoms with van der Waals surface area (Å²) in [6, 6.07) is 7.54. The Balaban J connectivity index is 1.64. The number of aromatic amines is 1. The lowest BCUT2D eigenvalue weighted by Crippen LogP contribution is -2.44. The number of nitrogens with two attached hydrogens (primary N) is 1. The fourth-order valence-electron chi connectivity index (χ4n) is 6.06. The molecule has 6 heteroatoms. The van der Waals surface area contributed by atoms with Crippen molar-refractivity contribution in [1.82, 2.24) is 10.3 Å². The molecule has 4 N–H and O–H groups in total. The minimum atomic E-state index is -0.593. The van der Waals surface area contributed by atoms with Crippen molar-refractivity contribution in [3.05, 3.63) is 36.0 Å². The van der Waals surface area contributed by atoms with Crippen molar-refractivity contribution < 1.29 is 14.3 Å². The fraction of sp³-hybridized carbons (Fsp3) is 0.769. The molecule has 1 aromatic carbocycles. The van der Waals surface area contributed by atoms with E-state index >= 15 is 0 Å². The maximum atomic E-state index is 12.9. The molecule has 0 saturated heterocycles. The second kappa shape index (κ2) is 27.2. The molecule has 0 fully saturated rings. The van der Waals surface area contributed by atoms with Gasteiger partial charge in [-0.1, -0.05) is 148 Å². The van der Waals surface area contributed by atoms with E-state index in [4.69, 9.17) is 15.2 Å². The zero-order valence-electron chi connectivity index (χ0n) is 29.2. The number of para-hydroxylation sites is 1. The van der Waals surface area contributed by atoms with Gasteiger partial charge < -0.3 is 25.5 Å². The molecule has 6 nitrogen and oxygen atoms in total. The third kappa shape index (κ3) is 19.4. The fourth-order valence-corrected chi connectivity index (χ4v) is 6.06. The molecule has 2 aromatic rings. The third-order valence-corrected chi connectivity index (χ3v) is 9.01. The van der Waals surface area contributed by atoms with Crippen molar-refractivity contribution >= 4 is 16.8 Å². The minimum Gasteiger partial charge on any atom is -0.381 e. The second-order valence-electron chi connectivity index (χ2n) is 13.3. The number of hydrogen-bond acceptors (Lipinski definition) is 4. The summed E-state index contributed by atoms with van der Waals surface area (Å²) in [4.78, 5) is 16.2. The van der Waals surface area contributed by atoms with E-state index in [1.54, 1.807) is 0 Å². The Hall–Kier alpha value is -1.89. The van der Waals surface area contributed by atoms with Gasteiger partial charge in [-0.25, -0.2) is 0 Å². The van der Waals surface area contributed by atoms with Crippen LogP contribution in [0.4, 0.5) is 0 Å². The van der Waals surface area contributed by atoms with Gasteiger partial charge in [0, 0.05) is 42.8 Å². The summed E-state index contributed by atoms with van der Waals surface area (Å²) in [5, 5.41) is 4.22. The number of aromatic nitrogens is 1. The van der Waals surface area contributed by atoms with Crippen molar-refractivity contribution in [3.63, 3.8) is 0 Å². The molecular formula is C39H69N3O3. The standard InChI is InChI=1S/C39H69N3O3/c1-3-5-7-9-11-13-15-17-19-23-27-44-32-34(33-45-28-24-20-18-16-14-12-10-8-6-4-2)30-42-39(43)37(40)29-35-31-41-38-26-22-21-25-36(35)38/h21-22,25-26,31,34,37,41H,3-20,23-24,27-30,32-33,40H2,1-2H3,(H,42,43)/t37-/m0/s1. The van der Waals surface area contributed by atoms with Crippen molar-refractivity contribution in [2.75, 3.05) is 33.0 Å². The predicted molar refractivity (Wildman–Crippen MR) is 192 cm³/mol. The first-order chi connectivity index (χ1) is 22.2. The third-order valence-electron chi connectivity index (χ3n) is 9.01. The van der Waals surface area contributed by atoms with E-state index in [0.717, 1.165) is 42.5 Å². The summed E-state index contributed by atoms with van der Waals surface area (Å²) in [5.41, 5.74) is 8.48. The average Bonchev–Trinajstić information content (AvgIpc) is 3.46. The molecule has 45 heavy (non-hydrogen) atoms. The highest BCUT2D eigenvalue weighted by molar-refractivity contribution is 5.86. The lowest BCUT2D eigenvalue weighted by molar-refractivity contribution is -0.122. The molecule has 0 radical (unpaired) electrons. The maximum absolute atomic E-state index is 12.9. The van der Waals surface area contributed by atoms with Crippen LogP contribution >= 0.6 is 0 Å². The van der Waals surface area contributed by atoms with E-state index < -0.39 is 6.04 Å². The van der Waals surface area contributed by atoms with E-state index in [9.17, 15) is 4.79 Å². The molecule has 0 aliphatic rings. The van der Waals surface area contributed by atoms with Gasteiger partial charge in [-0.2, -0.15) is 0 Å². The van der Waals surface area contributed by atoms with E-state index in [-0.39, 0.29) is 11.8 Å². The zero-order chi connectivity index (χ0) is 32.2. The number of nitrogens with one attached hydrogen (secondary N) is 2. The molecule has 0 aliphatic carbocycles. The van der Waals surface area contributed by atoms with Gasteiger partial charge in [-0.05, 0) is 30.9 Å². The summed E-state index contributed by atoms with van der Waals surface area (Å²) in [6.07, 6.45) is 28.9. The summed E-state index contributed by atoms with van der Waals surface area (Å²) < 4.78 is 12.2. The monoisotopic (exact) mass is 628 g/mol. The van der Waals surface area contributed by atoms with Gasteiger partial charge in [0.2, 0.25) is 5.91 Å². The number of ether oxygens (including phenoxy) is 2. The van der Waals surface area contributed by atoms with Crippen LogP contribution < -0.4 is 11.1 Å². The second-order valence-corrected chi connectivity index (χ2v) is 13.3. The molecule has 0 unspecified atom stereocenters. The molecule has 1 amide bonds. The number of rotatable bonds is 31. The molecule has 1 heterocycles. The van der Waals surface area contributed by atoms with E-state index in [2.05, 4.69) is 30.2 Å². The predicted octanol–water partition coefficient (Wildman–Crippen LogP) is 9.65. The molecule has 1 aromatic heterocycles. The number of fused-ring (bicyclic) bond motifs is 1. The van der Waals surface area contributed by atoms with Crippen molar-refractivity contribution in [2.24, 2.45) is 11.7 Å². The Kier molecular flexibility index (Phi) is 23.8. The number of amides is 1. The van der Waals surface area contributed by atoms with Gasteiger partial charge in [0.25, 0.3) is 0 Å². The lowest BCUT2D eigenvalue weighted by atomic mass is 10.0. The zero-order valence-corrected chi connectivity index (χ0v) is 29.2. The van der Waals surface area contributed by atoms with Crippen LogP contribution in [0.5, 0.6) is 0 Å². The van der Waals surface area contributed by atoms with Crippen LogP contribution in [0, 0.1) is 5.92 Å². The maximum Gasteiger partial charge on any atom is 0.237 e. The summed E-state index contributed by atoms with van der Waals surface area (Å²) in [6.45, 7) is 7.84. The molecule has 0 aliphatic heterocycles. The van der Waals surface area contributed by atoms with Gasteiger partial charge >= 0.3 is 0 Å². The first-order valence-electron chi connectivity index (χ1n) is 18.9. The SMILES string of the molecule is CCCCCCCCCCCCOCC(CNC(=O)[C@@H](N)Cc1c[nH]c2ccccc12)COCCCCCCCCCCCC. The first-order valence-corrected chi connectivity index (χ1v) is 18.9. The molecule has 0 bridgehead atoms. The number of carbonyl (C=O) groups excluding carboxylic acids is 1. The van der Waals surface area contributed by atoms with Crippen LogP contribution in [0.2, 0.25) is 0 Å². The highest BCUT2D eigenvalue weighted by atomic mass is 16.5. The first kappa shape index (κ1) is 39.3. The largest absolute Gasteiger partial charge is 0.381 e. The summed E-state index contributed by atoms with van der Waals surface area (Å²) >= 11 is 0. The van der Waals surface area contributed by atoms with Crippen LogP contribution in [0.25, 0.3) is 10.9 Å². The Morgan fingerprint density at radius 1 is 0.711 bits per heavy atom. The summed E-state index contributed by atoms with van der Waals surface area (Å²) in [7, 11) is 0. The molecule has 258 valence electrons. The van der Waals surface area contributed by atoms with Gasteiger partial charge in [-0.3, -0.25) is 4.79 Å². The molecular weight excluding hydrogens is 558 g/mol. The van der Waals surface area contributed by atoms with Crippen LogP contribution in [-0.4, -0.2) is 49.9 Å². The van der Waals surface area contributed by atoms with Gasteiger partial charge in [-0.15, -0.1) is 0 Å². The Morgan fingerprint density at radius 3 is 1.69 bits per heavy atom. The molecule has 1 atom stereocenters. The van der Waals surface area contributed by atoms with Crippen molar-refractivity contribution in [2.45, 2.75) is 155 Å². The van der Waals surface area contributed by atoms with Gasteiger partial charge in [0.1, 0.15) is 0 Å². The molecule has 2 rings (SSSR count). The van der Waals surface area contributed by atoms with Gasteiger partial charge in [0.15, 0.2) is 0 Å². The van der Waals surface area contributed by atoms with E-state index in [1.807, 2.05) is 24.4 Å². The topological polar surface area (TPSA) is 89.4 Å². The van der Waals surface area contributed by atoms with Crippen LogP contribution in [0.1, 0.15) is 148 Å². The highest BCUT2D eigenvalue weighted by Gasteiger charge is 2.18. The Bertz CT molecular complexity index is 934. The number of unbranched alkanes of at least 4 members (excludes halogenated alkanes) is 18. The van der Waals surface area contributed by atoms with E-state index in [1.165, 1.54) is 116 Å². The number of benzene rings is 1. The van der Waals surface area contributed by atoms with Crippen LogP contribution in [0.15, 0.2) is 30.5 Å². The normalized spacial score (nSPS) is 12.4. The number of carbonyl (C=O) groups is 1. The summed E-state index contributed by atoms with van der Waals surface area (Å²) in [5.74, 6) is 0.00940. The molecule has 0 spiro atoms. The van der Waals surface area contributed by atoms with Crippen molar-refractivity contribution in [3.8, 4) is 0 Å². The minimum absolute atomic E-state index is 0.116. The Morgan fingerprint density at radius 2 is 1.18 bits per heavy atom. The van der Waals surface area contributed by atoms with Crippen LogP contribution in [0.3, 0.4) is 0 Å². The smallest absolute Gasteiger partial charge is 0.237 e. The molecule has 0 saturated carbocycles. The van der Waals surface area contributed by atoms with E-state index in [0.29, 0.717) is 26.2 Å². The Labute approximate surface area is 276 Å². The van der Waals surface area contributed by atoms with Crippen molar-refractivity contribution in [1.29, 1.82) is 0 Å². The number of hydrogen-bond donors (Lipinski definition) is 3. The quantitative estimate of drug-likeness (QED) is 0.0726. The lowest BCUT2D eigenvalue weighted by Gasteiger charge is -2.20. The van der Waals surface area contributed by atoms with Gasteiger partial charge in [0.05, 0.1) is 19.3 Å². The van der Waals surface area contributed by atoms with Crippen LogP contribution in [-0.2, 0) is 20.7 Å².